The summed E-state index contributed by atoms with van der Waals surface area (Å²) >= 11 is 10.4. The van der Waals surface area contributed by atoms with Crippen LogP contribution in [0.3, 0.4) is 0 Å². The highest BCUT2D eigenvalue weighted by Gasteiger charge is 1.98. The molecular formula is BBrI3-. The highest BCUT2D eigenvalue weighted by atomic mass is 127. The van der Waals surface area contributed by atoms with E-state index in [2.05, 4.69) is 82.9 Å². The minimum Gasteiger partial charge on any atom is -0.314 e. The Kier molecular flexibility index (Phi) is 4.49. The summed E-state index contributed by atoms with van der Waals surface area (Å²) in [6, 6.07) is 0. The third-order valence-corrected chi connectivity index (χ3v) is 0. The van der Waals surface area contributed by atoms with Gasteiger partial charge in [-0.1, -0.05) is 0 Å². The Bertz CT molecular complexity index is 22.4. The molecule has 0 heterocycles. The molecular weight excluding hydrogens is 471 g/mol. The maximum absolute atomic E-state index is 3.40. The summed E-state index contributed by atoms with van der Waals surface area (Å²) in [6.45, 7) is 0. The third kappa shape index (κ3) is 20.2. The summed E-state index contributed by atoms with van der Waals surface area (Å²) < 4.78 is -0.278. The molecule has 0 saturated carbocycles. The van der Waals surface area contributed by atoms with E-state index in [0.29, 0.717) is 0 Å². The Labute approximate surface area is 79.7 Å². The zero-order chi connectivity index (χ0) is 4.50. The molecule has 0 aliphatic carbocycles. The van der Waals surface area contributed by atoms with Crippen molar-refractivity contribution in [2.45, 2.75) is 0 Å². The predicted octanol–water partition coefficient (Wildman–Crippen LogP) is 3.12. The van der Waals surface area contributed by atoms with Crippen LogP contribution in [0.1, 0.15) is 0 Å². The summed E-state index contributed by atoms with van der Waals surface area (Å²) in [6.07, 6.45) is 0. The van der Waals surface area contributed by atoms with Gasteiger partial charge in [0.15, 0.2) is 0 Å². The van der Waals surface area contributed by atoms with Crippen molar-refractivity contribution in [3.05, 3.63) is 0 Å². The molecule has 0 radical (unpaired) electrons. The second kappa shape index (κ2) is 2.90. The van der Waals surface area contributed by atoms with Gasteiger partial charge in [0.1, 0.15) is 0 Å². The predicted molar refractivity (Wildman–Crippen MR) is 56.7 cm³/mol. The van der Waals surface area contributed by atoms with Crippen LogP contribution in [0.5, 0.6) is 0 Å². The summed E-state index contributed by atoms with van der Waals surface area (Å²) in [4.78, 5) is 0. The van der Waals surface area contributed by atoms with Crippen LogP contribution in [0.15, 0.2) is 0 Å². The number of hydrogen-bond donors (Lipinski definition) is 0. The van der Waals surface area contributed by atoms with Crippen molar-refractivity contribution >= 4 is 81.4 Å². The normalized spacial score (nSPS) is 12.0. The molecule has 0 bridgehead atoms. The largest absolute Gasteiger partial charge is 0.314 e. The molecule has 0 aromatic carbocycles. The van der Waals surface area contributed by atoms with Crippen molar-refractivity contribution in [2.75, 3.05) is 0 Å². The fourth-order valence-electron chi connectivity index (χ4n) is 0. The van der Waals surface area contributed by atoms with Gasteiger partial charge >= 0.3 is 0 Å². The van der Waals surface area contributed by atoms with E-state index < -0.39 is 0 Å². The fraction of sp³-hybridized carbons (Fsp3) is 0. The molecule has 0 atom stereocenters. The molecule has 0 fully saturated rings. The van der Waals surface area contributed by atoms with Crippen LogP contribution in [0.25, 0.3) is 0 Å². The molecule has 0 N–H and O–H groups in total. The van der Waals surface area contributed by atoms with Crippen molar-refractivity contribution in [1.82, 2.24) is 0 Å². The molecule has 0 amide bonds. The van der Waals surface area contributed by atoms with Gasteiger partial charge in [0.2, 0.25) is -1.46 Å². The third-order valence-electron chi connectivity index (χ3n) is 0. The van der Waals surface area contributed by atoms with Crippen LogP contribution in [-0.2, 0) is 0 Å². The zero-order valence-corrected chi connectivity index (χ0v) is 10.1. The van der Waals surface area contributed by atoms with Gasteiger partial charge in [-0.05, 0) is 0 Å². The lowest BCUT2D eigenvalue weighted by atomic mass is 10.8. The standard InChI is InChI=1S/BBrI3/c2-1(3,4)5/q-1. The number of rotatable bonds is 0. The van der Waals surface area contributed by atoms with Crippen LogP contribution >= 0.6 is 82.9 Å². The van der Waals surface area contributed by atoms with Crippen LogP contribution in [0, 0.1) is 0 Å². The van der Waals surface area contributed by atoms with Crippen LogP contribution in [-0.4, -0.2) is -1.46 Å². The first-order valence-corrected chi connectivity index (χ1v) is 5.53. The minimum atomic E-state index is -0.278. The molecule has 0 nitrogen and oxygen atoms in total. The second-order valence-electron chi connectivity index (χ2n) is 0.495. The topological polar surface area (TPSA) is 0 Å². The Morgan fingerprint density at radius 3 is 1.20 bits per heavy atom. The molecule has 5 heteroatoms. The second-order valence-corrected chi connectivity index (χ2v) is 19.8. The van der Waals surface area contributed by atoms with Crippen molar-refractivity contribution < 1.29 is 0 Å². The van der Waals surface area contributed by atoms with Crippen molar-refractivity contribution in [1.29, 1.82) is 0 Å². The van der Waals surface area contributed by atoms with Crippen LogP contribution < -0.4 is 0 Å². The van der Waals surface area contributed by atoms with Gasteiger partial charge in [0.05, 0.1) is 0 Å². The summed E-state index contributed by atoms with van der Waals surface area (Å²) in [7, 11) is 0. The molecule has 0 aromatic rings. The fourth-order valence-corrected chi connectivity index (χ4v) is 0. The van der Waals surface area contributed by atoms with E-state index >= 15 is 0 Å². The first-order chi connectivity index (χ1) is 2.00. The lowest BCUT2D eigenvalue weighted by Crippen LogP contribution is -1.85. The Hall–Kier alpha value is 2.73. The van der Waals surface area contributed by atoms with Gasteiger partial charge < -0.3 is 82.9 Å². The molecule has 0 saturated heterocycles. The maximum Gasteiger partial charge on any atom is 0.237 e. The van der Waals surface area contributed by atoms with Gasteiger partial charge in [-0.25, -0.2) is 0 Å². The Morgan fingerprint density at radius 1 is 1.20 bits per heavy atom. The molecule has 0 aliphatic heterocycles. The van der Waals surface area contributed by atoms with Crippen molar-refractivity contribution in [2.24, 2.45) is 0 Å². The summed E-state index contributed by atoms with van der Waals surface area (Å²) in [5.41, 5.74) is 0. The van der Waals surface area contributed by atoms with Gasteiger partial charge in [-0.3, -0.25) is 0 Å². The minimum absolute atomic E-state index is 0.278. The molecule has 0 unspecified atom stereocenters. The average molecular weight is 471 g/mol. The molecule has 32 valence electrons. The van der Waals surface area contributed by atoms with E-state index in [1.807, 2.05) is 0 Å². The molecule has 5 heavy (non-hydrogen) atoms. The van der Waals surface area contributed by atoms with Gasteiger partial charge in [-0.2, -0.15) is 0 Å². The van der Waals surface area contributed by atoms with E-state index in [1.165, 1.54) is 0 Å². The molecule has 0 aromatic heterocycles. The van der Waals surface area contributed by atoms with Gasteiger partial charge in [0.25, 0.3) is 0 Å². The first-order valence-electron chi connectivity index (χ1n) is 0.873. The van der Waals surface area contributed by atoms with Crippen LogP contribution in [0.2, 0.25) is 0 Å². The summed E-state index contributed by atoms with van der Waals surface area (Å²) in [5, 5.41) is 0. The first kappa shape index (κ1) is 7.73. The SMILES string of the molecule is Br[B-](I)(I)I. The van der Waals surface area contributed by atoms with E-state index in [4.69, 9.17) is 0 Å². The van der Waals surface area contributed by atoms with E-state index in [0.717, 1.165) is 0 Å². The lowest BCUT2D eigenvalue weighted by molar-refractivity contribution is 5.15. The Morgan fingerprint density at radius 2 is 1.20 bits per heavy atom. The number of halogens is 4. The number of hydrogen-bond acceptors (Lipinski definition) is 0. The van der Waals surface area contributed by atoms with Gasteiger partial charge in [0, 0.05) is 0 Å². The smallest absolute Gasteiger partial charge is 0.237 e. The van der Waals surface area contributed by atoms with E-state index in [-0.39, 0.29) is -1.46 Å². The maximum atomic E-state index is 3.40. The molecule has 0 rings (SSSR count). The molecule has 0 spiro atoms. The van der Waals surface area contributed by atoms with Crippen LogP contribution in [0.4, 0.5) is 0 Å². The average Bonchev–Trinajstić information content (AvgIpc) is 0.722. The van der Waals surface area contributed by atoms with Gasteiger partial charge in [-0.15, -0.1) is 0 Å². The highest BCUT2D eigenvalue weighted by molar-refractivity contribution is 14.4. The molecule has 0 aliphatic rings. The Balaban J connectivity index is 3.02. The van der Waals surface area contributed by atoms with E-state index in [1.54, 1.807) is 0 Å². The zero-order valence-electron chi connectivity index (χ0n) is 2.09. The van der Waals surface area contributed by atoms with E-state index in [9.17, 15) is 0 Å². The lowest BCUT2D eigenvalue weighted by Gasteiger charge is -2.05. The van der Waals surface area contributed by atoms with Crippen molar-refractivity contribution in [3.63, 3.8) is 0 Å². The quantitative estimate of drug-likeness (QED) is 0.376. The van der Waals surface area contributed by atoms with Crippen molar-refractivity contribution in [3.8, 4) is 0 Å². The highest BCUT2D eigenvalue weighted by Crippen LogP contribution is 2.35. The monoisotopic (exact) mass is 471 g/mol. The summed E-state index contributed by atoms with van der Waals surface area (Å²) in [5.74, 6) is 0.